The number of likely N-dealkylation sites (tertiary alicyclic amines) is 1. The van der Waals surface area contributed by atoms with Gasteiger partial charge in [-0.15, -0.1) is 0 Å². The summed E-state index contributed by atoms with van der Waals surface area (Å²) in [6.45, 7) is 1.98. The van der Waals surface area contributed by atoms with E-state index in [1.807, 2.05) is 0 Å². The molecule has 1 aliphatic heterocycles. The quantitative estimate of drug-likeness (QED) is 0.895. The van der Waals surface area contributed by atoms with E-state index in [1.54, 1.807) is 16.8 Å². The zero-order valence-electron chi connectivity index (χ0n) is 12.0. The van der Waals surface area contributed by atoms with Crippen LogP contribution in [0.25, 0.3) is 0 Å². The van der Waals surface area contributed by atoms with Crippen molar-refractivity contribution in [3.8, 4) is 0 Å². The standard InChI is InChI=1S/C15H19FN2O3/c1-17(10-14(19)18-6-2-3-7-18)9-12-8-11(15(20)21)4-5-13(12)16/h4-5,8H,2-3,6-7,9-10H2,1H3,(H,20,21). The van der Waals surface area contributed by atoms with Gasteiger partial charge in [0, 0.05) is 25.2 Å². The number of rotatable bonds is 5. The fourth-order valence-electron chi connectivity index (χ4n) is 2.47. The van der Waals surface area contributed by atoms with Crippen LogP contribution in [0.4, 0.5) is 4.39 Å². The van der Waals surface area contributed by atoms with E-state index < -0.39 is 11.8 Å². The van der Waals surface area contributed by atoms with Crippen LogP contribution in [0, 0.1) is 5.82 Å². The van der Waals surface area contributed by atoms with Crippen LogP contribution < -0.4 is 0 Å². The van der Waals surface area contributed by atoms with Crippen LogP contribution in [0.2, 0.25) is 0 Å². The summed E-state index contributed by atoms with van der Waals surface area (Å²) in [5.41, 5.74) is 0.331. The Bertz CT molecular complexity index is 542. The summed E-state index contributed by atoms with van der Waals surface area (Å²) in [5, 5.41) is 8.93. The second kappa shape index (κ2) is 6.67. The lowest BCUT2D eigenvalue weighted by atomic mass is 10.1. The molecule has 114 valence electrons. The number of hydrogen-bond donors (Lipinski definition) is 1. The van der Waals surface area contributed by atoms with E-state index in [-0.39, 0.29) is 30.1 Å². The highest BCUT2D eigenvalue weighted by Gasteiger charge is 2.19. The van der Waals surface area contributed by atoms with Gasteiger partial charge in [-0.05, 0) is 38.1 Å². The van der Waals surface area contributed by atoms with E-state index in [4.69, 9.17) is 5.11 Å². The Labute approximate surface area is 123 Å². The summed E-state index contributed by atoms with van der Waals surface area (Å²) < 4.78 is 13.7. The van der Waals surface area contributed by atoms with Crippen LogP contribution >= 0.6 is 0 Å². The largest absolute Gasteiger partial charge is 0.478 e. The second-order valence-corrected chi connectivity index (χ2v) is 5.37. The van der Waals surface area contributed by atoms with Crippen molar-refractivity contribution in [1.29, 1.82) is 0 Å². The van der Waals surface area contributed by atoms with Gasteiger partial charge in [0.15, 0.2) is 0 Å². The fourth-order valence-corrected chi connectivity index (χ4v) is 2.47. The molecule has 1 N–H and O–H groups in total. The molecule has 0 aromatic heterocycles. The Morgan fingerprint density at radius 3 is 2.62 bits per heavy atom. The van der Waals surface area contributed by atoms with Gasteiger partial charge in [0.05, 0.1) is 12.1 Å². The molecule has 21 heavy (non-hydrogen) atoms. The van der Waals surface area contributed by atoms with Gasteiger partial charge < -0.3 is 10.0 Å². The maximum atomic E-state index is 13.7. The lowest BCUT2D eigenvalue weighted by Gasteiger charge is -2.21. The molecule has 0 atom stereocenters. The molecule has 0 unspecified atom stereocenters. The number of nitrogens with zero attached hydrogens (tertiary/aromatic N) is 2. The lowest BCUT2D eigenvalue weighted by Crippen LogP contribution is -2.37. The number of hydrogen-bond acceptors (Lipinski definition) is 3. The van der Waals surface area contributed by atoms with E-state index in [0.29, 0.717) is 0 Å². The molecule has 5 nitrogen and oxygen atoms in total. The van der Waals surface area contributed by atoms with Crippen molar-refractivity contribution < 1.29 is 19.1 Å². The van der Waals surface area contributed by atoms with E-state index in [0.717, 1.165) is 32.0 Å². The predicted molar refractivity (Wildman–Crippen MR) is 75.5 cm³/mol. The third-order valence-corrected chi connectivity index (χ3v) is 3.60. The highest BCUT2D eigenvalue weighted by atomic mass is 19.1. The van der Waals surface area contributed by atoms with Crippen LogP contribution in [-0.2, 0) is 11.3 Å². The molecule has 1 aliphatic rings. The van der Waals surface area contributed by atoms with E-state index in [2.05, 4.69) is 0 Å². The summed E-state index contributed by atoms with van der Waals surface area (Å²) >= 11 is 0. The minimum Gasteiger partial charge on any atom is -0.478 e. The summed E-state index contributed by atoms with van der Waals surface area (Å²) in [5.74, 6) is -1.52. The SMILES string of the molecule is CN(CC(=O)N1CCCC1)Cc1cc(C(=O)O)ccc1F. The number of carbonyl (C=O) groups excluding carboxylic acids is 1. The monoisotopic (exact) mass is 294 g/mol. The van der Waals surface area contributed by atoms with Crippen molar-refractivity contribution in [2.45, 2.75) is 19.4 Å². The average Bonchev–Trinajstić information content (AvgIpc) is 2.95. The Kier molecular flexibility index (Phi) is 4.90. The summed E-state index contributed by atoms with van der Waals surface area (Å²) in [6, 6.07) is 3.69. The van der Waals surface area contributed by atoms with Crippen LogP contribution in [-0.4, -0.2) is 53.5 Å². The number of amides is 1. The van der Waals surface area contributed by atoms with E-state index in [9.17, 15) is 14.0 Å². The van der Waals surface area contributed by atoms with Gasteiger partial charge in [-0.1, -0.05) is 0 Å². The Hall–Kier alpha value is -1.95. The fraction of sp³-hybridized carbons (Fsp3) is 0.467. The molecular formula is C15H19FN2O3. The first-order chi connectivity index (χ1) is 9.97. The maximum absolute atomic E-state index is 13.7. The minimum absolute atomic E-state index is 0.0322. The average molecular weight is 294 g/mol. The molecular weight excluding hydrogens is 275 g/mol. The van der Waals surface area contributed by atoms with Gasteiger partial charge >= 0.3 is 5.97 Å². The normalized spacial score (nSPS) is 14.7. The first-order valence-corrected chi connectivity index (χ1v) is 6.95. The zero-order chi connectivity index (χ0) is 15.4. The Morgan fingerprint density at radius 2 is 2.00 bits per heavy atom. The molecule has 0 spiro atoms. The third-order valence-electron chi connectivity index (χ3n) is 3.60. The third kappa shape index (κ3) is 4.01. The van der Waals surface area contributed by atoms with Crippen molar-refractivity contribution in [2.24, 2.45) is 0 Å². The van der Waals surface area contributed by atoms with Gasteiger partial charge in [-0.3, -0.25) is 9.69 Å². The van der Waals surface area contributed by atoms with E-state index in [1.165, 1.54) is 12.1 Å². The predicted octanol–water partition coefficient (Wildman–Crippen LogP) is 1.58. The molecule has 1 aromatic carbocycles. The molecule has 6 heteroatoms. The van der Waals surface area contributed by atoms with Gasteiger partial charge in [0.1, 0.15) is 5.82 Å². The molecule has 1 aromatic rings. The first kappa shape index (κ1) is 15.4. The molecule has 1 heterocycles. The number of likely N-dealkylation sites (N-methyl/N-ethyl adjacent to an activating group) is 1. The van der Waals surface area contributed by atoms with Gasteiger partial charge in [0.25, 0.3) is 0 Å². The second-order valence-electron chi connectivity index (χ2n) is 5.37. The molecule has 0 radical (unpaired) electrons. The minimum atomic E-state index is -1.09. The maximum Gasteiger partial charge on any atom is 0.335 e. The van der Waals surface area contributed by atoms with Crippen molar-refractivity contribution in [1.82, 2.24) is 9.80 Å². The molecule has 0 saturated carbocycles. The van der Waals surface area contributed by atoms with Gasteiger partial charge in [0.2, 0.25) is 5.91 Å². The highest BCUT2D eigenvalue weighted by molar-refractivity contribution is 5.87. The number of carboxylic acid groups (broad SMARTS) is 1. The molecule has 2 rings (SSSR count). The van der Waals surface area contributed by atoms with Crippen LogP contribution in [0.1, 0.15) is 28.8 Å². The van der Waals surface area contributed by atoms with Crippen molar-refractivity contribution in [2.75, 3.05) is 26.7 Å². The lowest BCUT2D eigenvalue weighted by molar-refractivity contribution is -0.131. The van der Waals surface area contributed by atoms with Crippen molar-refractivity contribution >= 4 is 11.9 Å². The number of carboxylic acids is 1. The molecule has 0 bridgehead atoms. The summed E-state index contributed by atoms with van der Waals surface area (Å²) in [7, 11) is 1.72. The summed E-state index contributed by atoms with van der Waals surface area (Å²) in [4.78, 5) is 26.4. The number of aromatic carboxylic acids is 1. The van der Waals surface area contributed by atoms with Crippen molar-refractivity contribution in [3.63, 3.8) is 0 Å². The molecule has 1 fully saturated rings. The molecule has 1 saturated heterocycles. The van der Waals surface area contributed by atoms with Gasteiger partial charge in [-0.25, -0.2) is 9.18 Å². The number of halogens is 1. The highest BCUT2D eigenvalue weighted by Crippen LogP contribution is 2.14. The van der Waals surface area contributed by atoms with E-state index >= 15 is 0 Å². The van der Waals surface area contributed by atoms with Crippen LogP contribution in [0.3, 0.4) is 0 Å². The zero-order valence-corrected chi connectivity index (χ0v) is 12.0. The summed E-state index contributed by atoms with van der Waals surface area (Å²) in [6.07, 6.45) is 2.06. The molecule has 1 amide bonds. The topological polar surface area (TPSA) is 60.9 Å². The van der Waals surface area contributed by atoms with Crippen LogP contribution in [0.15, 0.2) is 18.2 Å². The Balaban J connectivity index is 1.98. The number of benzene rings is 1. The van der Waals surface area contributed by atoms with Crippen molar-refractivity contribution in [3.05, 3.63) is 35.1 Å². The Morgan fingerprint density at radius 1 is 1.33 bits per heavy atom. The van der Waals surface area contributed by atoms with Gasteiger partial charge in [-0.2, -0.15) is 0 Å². The number of carbonyl (C=O) groups is 2. The molecule has 0 aliphatic carbocycles. The smallest absolute Gasteiger partial charge is 0.335 e. The first-order valence-electron chi connectivity index (χ1n) is 6.95. The van der Waals surface area contributed by atoms with Crippen LogP contribution in [0.5, 0.6) is 0 Å².